The molecule has 0 aromatic carbocycles. The van der Waals surface area contributed by atoms with E-state index in [9.17, 15) is 9.59 Å². The maximum atomic E-state index is 12.3. The summed E-state index contributed by atoms with van der Waals surface area (Å²) in [5.41, 5.74) is 1.68. The van der Waals surface area contributed by atoms with Crippen LogP contribution in [0, 0.1) is 0 Å². The van der Waals surface area contributed by atoms with Gasteiger partial charge in [0, 0.05) is 51.6 Å². The number of H-pyrrole nitrogens is 1. The molecule has 0 atom stereocenters. The number of amides is 2. The summed E-state index contributed by atoms with van der Waals surface area (Å²) in [6, 6.07) is 3.80. The van der Waals surface area contributed by atoms with Gasteiger partial charge in [0.05, 0.1) is 18.5 Å². The summed E-state index contributed by atoms with van der Waals surface area (Å²) >= 11 is 0. The molecule has 2 heterocycles. The SMILES string of the molecule is CN(CCCN(C)C(=O)Cc1cc(C2CC2)on1)C(=O)Cc1cc[nH]c1. The molecule has 2 aromatic rings. The van der Waals surface area contributed by atoms with Crippen molar-refractivity contribution in [3.05, 3.63) is 41.5 Å². The third-order valence-electron chi connectivity index (χ3n) is 4.75. The number of rotatable bonds is 9. The van der Waals surface area contributed by atoms with Crippen molar-refractivity contribution in [1.29, 1.82) is 0 Å². The Morgan fingerprint density at radius 2 is 1.88 bits per heavy atom. The van der Waals surface area contributed by atoms with E-state index in [4.69, 9.17) is 4.52 Å². The van der Waals surface area contributed by atoms with Crippen LogP contribution in [0.4, 0.5) is 0 Å². The first kappa shape index (κ1) is 18.2. The van der Waals surface area contributed by atoms with Gasteiger partial charge < -0.3 is 19.3 Å². The number of nitrogens with zero attached hydrogens (tertiary/aromatic N) is 3. The third kappa shape index (κ3) is 4.97. The van der Waals surface area contributed by atoms with Crippen molar-refractivity contribution < 1.29 is 14.1 Å². The monoisotopic (exact) mass is 358 g/mol. The quantitative estimate of drug-likeness (QED) is 0.743. The average Bonchev–Trinajstić information content (AvgIpc) is 3.14. The second-order valence-electron chi connectivity index (χ2n) is 7.05. The number of nitrogens with one attached hydrogen (secondary N) is 1. The van der Waals surface area contributed by atoms with Crippen molar-refractivity contribution in [2.45, 2.75) is 38.0 Å². The molecule has 0 bridgehead atoms. The molecule has 0 saturated heterocycles. The standard InChI is InChI=1S/C19H26N4O3/c1-22(18(24)10-14-6-7-20-13-14)8-3-9-23(2)19(25)12-16-11-17(26-21-16)15-4-5-15/h6-7,11,13,15,20H,3-5,8-10,12H2,1-2H3. The van der Waals surface area contributed by atoms with Crippen molar-refractivity contribution >= 4 is 11.8 Å². The molecule has 1 saturated carbocycles. The highest BCUT2D eigenvalue weighted by Crippen LogP contribution is 2.40. The molecule has 0 radical (unpaired) electrons. The Balaban J connectivity index is 1.36. The molecule has 1 N–H and O–H groups in total. The minimum Gasteiger partial charge on any atom is -0.367 e. The molecule has 1 aliphatic rings. The van der Waals surface area contributed by atoms with Crippen LogP contribution in [-0.2, 0) is 22.4 Å². The lowest BCUT2D eigenvalue weighted by Gasteiger charge is -2.20. The number of hydrogen-bond donors (Lipinski definition) is 1. The Hall–Kier alpha value is -2.57. The highest BCUT2D eigenvalue weighted by molar-refractivity contribution is 5.79. The van der Waals surface area contributed by atoms with Gasteiger partial charge in [-0.3, -0.25) is 9.59 Å². The lowest BCUT2D eigenvalue weighted by Crippen LogP contribution is -2.34. The lowest BCUT2D eigenvalue weighted by atomic mass is 10.2. The molecule has 140 valence electrons. The first-order valence-electron chi connectivity index (χ1n) is 9.08. The smallest absolute Gasteiger partial charge is 0.228 e. The summed E-state index contributed by atoms with van der Waals surface area (Å²) in [5, 5.41) is 3.99. The number of carbonyl (C=O) groups is 2. The summed E-state index contributed by atoms with van der Waals surface area (Å²) < 4.78 is 5.28. The largest absolute Gasteiger partial charge is 0.367 e. The van der Waals surface area contributed by atoms with Crippen LogP contribution < -0.4 is 0 Å². The predicted octanol–water partition coefficient (Wildman–Crippen LogP) is 1.97. The zero-order valence-electron chi connectivity index (χ0n) is 15.4. The molecule has 2 aromatic heterocycles. The fourth-order valence-corrected chi connectivity index (χ4v) is 2.83. The van der Waals surface area contributed by atoms with E-state index < -0.39 is 0 Å². The van der Waals surface area contributed by atoms with Crippen molar-refractivity contribution in [3.8, 4) is 0 Å². The van der Waals surface area contributed by atoms with Crippen LogP contribution in [0.3, 0.4) is 0 Å². The Bertz CT molecular complexity index is 734. The van der Waals surface area contributed by atoms with Crippen molar-refractivity contribution in [2.24, 2.45) is 0 Å². The number of likely N-dealkylation sites (N-methyl/N-ethyl adjacent to an activating group) is 2. The maximum Gasteiger partial charge on any atom is 0.228 e. The van der Waals surface area contributed by atoms with Crippen LogP contribution >= 0.6 is 0 Å². The van der Waals surface area contributed by atoms with Gasteiger partial charge in [-0.2, -0.15) is 0 Å². The van der Waals surface area contributed by atoms with Gasteiger partial charge in [0.1, 0.15) is 5.76 Å². The topological polar surface area (TPSA) is 82.4 Å². The van der Waals surface area contributed by atoms with Crippen molar-refractivity contribution in [2.75, 3.05) is 27.2 Å². The van der Waals surface area contributed by atoms with Gasteiger partial charge in [0.15, 0.2) is 0 Å². The van der Waals surface area contributed by atoms with Crippen LogP contribution in [0.2, 0.25) is 0 Å². The van der Waals surface area contributed by atoms with Crippen LogP contribution in [0.15, 0.2) is 29.0 Å². The molecule has 0 spiro atoms. The maximum absolute atomic E-state index is 12.3. The van der Waals surface area contributed by atoms with E-state index in [1.165, 1.54) is 0 Å². The molecular formula is C19H26N4O3. The molecule has 26 heavy (non-hydrogen) atoms. The Morgan fingerprint density at radius 3 is 2.50 bits per heavy atom. The lowest BCUT2D eigenvalue weighted by molar-refractivity contribution is -0.129. The first-order valence-corrected chi connectivity index (χ1v) is 9.08. The van der Waals surface area contributed by atoms with E-state index in [-0.39, 0.29) is 18.2 Å². The van der Waals surface area contributed by atoms with E-state index in [0.717, 1.165) is 30.6 Å². The number of carbonyl (C=O) groups excluding carboxylic acids is 2. The molecule has 0 unspecified atom stereocenters. The molecule has 7 heteroatoms. The predicted molar refractivity (Wildman–Crippen MR) is 96.6 cm³/mol. The minimum atomic E-state index is 0.0157. The molecule has 0 aliphatic heterocycles. The fourth-order valence-electron chi connectivity index (χ4n) is 2.83. The number of aromatic amines is 1. The first-order chi connectivity index (χ1) is 12.5. The third-order valence-corrected chi connectivity index (χ3v) is 4.75. The van der Waals surface area contributed by atoms with Gasteiger partial charge in [-0.15, -0.1) is 0 Å². The number of aromatic nitrogens is 2. The van der Waals surface area contributed by atoms with Gasteiger partial charge in [-0.25, -0.2) is 0 Å². The van der Waals surface area contributed by atoms with Crippen LogP contribution in [-0.4, -0.2) is 58.9 Å². The van der Waals surface area contributed by atoms with E-state index in [2.05, 4.69) is 10.1 Å². The van der Waals surface area contributed by atoms with Gasteiger partial charge in [-0.1, -0.05) is 5.16 Å². The second kappa shape index (κ2) is 8.21. The van der Waals surface area contributed by atoms with E-state index in [1.807, 2.05) is 24.5 Å². The van der Waals surface area contributed by atoms with Gasteiger partial charge in [0.2, 0.25) is 11.8 Å². The van der Waals surface area contributed by atoms with Crippen LogP contribution in [0.25, 0.3) is 0 Å². The van der Waals surface area contributed by atoms with Gasteiger partial charge in [0.25, 0.3) is 0 Å². The second-order valence-corrected chi connectivity index (χ2v) is 7.05. The molecule has 1 fully saturated rings. The molecular weight excluding hydrogens is 332 g/mol. The van der Waals surface area contributed by atoms with Crippen molar-refractivity contribution in [3.63, 3.8) is 0 Å². The molecule has 3 rings (SSSR count). The Labute approximate surface area is 153 Å². The summed E-state index contributed by atoms with van der Waals surface area (Å²) in [6.07, 6.45) is 7.34. The fraction of sp³-hybridized carbons (Fsp3) is 0.526. The van der Waals surface area contributed by atoms with Crippen LogP contribution in [0.5, 0.6) is 0 Å². The normalized spacial score (nSPS) is 13.6. The van der Waals surface area contributed by atoms with Gasteiger partial charge in [-0.05, 0) is 30.9 Å². The van der Waals surface area contributed by atoms with Crippen molar-refractivity contribution in [1.82, 2.24) is 19.9 Å². The summed E-state index contributed by atoms with van der Waals surface area (Å²) in [5.74, 6) is 1.50. The molecule has 2 amide bonds. The minimum absolute atomic E-state index is 0.0157. The zero-order valence-corrected chi connectivity index (χ0v) is 15.4. The summed E-state index contributed by atoms with van der Waals surface area (Å²) in [6.45, 7) is 1.23. The molecule has 1 aliphatic carbocycles. The van der Waals surface area contributed by atoms with Crippen LogP contribution in [0.1, 0.15) is 42.2 Å². The highest BCUT2D eigenvalue weighted by atomic mass is 16.5. The highest BCUT2D eigenvalue weighted by Gasteiger charge is 2.28. The van der Waals surface area contributed by atoms with E-state index in [0.29, 0.717) is 31.1 Å². The number of hydrogen-bond acceptors (Lipinski definition) is 4. The van der Waals surface area contributed by atoms with E-state index >= 15 is 0 Å². The van der Waals surface area contributed by atoms with Gasteiger partial charge >= 0.3 is 0 Å². The Morgan fingerprint density at radius 1 is 1.19 bits per heavy atom. The average molecular weight is 358 g/mol. The zero-order chi connectivity index (χ0) is 18.5. The van der Waals surface area contributed by atoms with E-state index in [1.54, 1.807) is 23.9 Å². The molecule has 7 nitrogen and oxygen atoms in total. The summed E-state index contributed by atoms with van der Waals surface area (Å²) in [7, 11) is 3.58. The Kier molecular flexibility index (Phi) is 5.75. The summed E-state index contributed by atoms with van der Waals surface area (Å²) in [4.78, 5) is 30.8.